The minimum atomic E-state index is -0.427. The first-order valence-electron chi connectivity index (χ1n) is 6.51. The summed E-state index contributed by atoms with van der Waals surface area (Å²) in [5, 5.41) is 12.8. The maximum absolute atomic E-state index is 12.2. The van der Waals surface area contributed by atoms with E-state index in [-0.39, 0.29) is 17.6 Å². The van der Waals surface area contributed by atoms with E-state index in [1.807, 2.05) is 24.4 Å². The van der Waals surface area contributed by atoms with Crippen molar-refractivity contribution in [3.8, 4) is 0 Å². The molecule has 0 bridgehead atoms. The van der Waals surface area contributed by atoms with E-state index >= 15 is 0 Å². The van der Waals surface area contributed by atoms with Gasteiger partial charge in [0.05, 0.1) is 17.4 Å². The molecule has 2 aromatic rings. The Labute approximate surface area is 127 Å². The number of non-ortho nitro benzene ring substituents is 1. The standard InChI is InChI=1S/C15H16N2O3S/c1-11(12-5-3-6-13(9-12)17(19)20)16(2)15(18)10-14-7-4-8-21-14/h3-9,11H,10H2,1-2H3. The molecule has 110 valence electrons. The van der Waals surface area contributed by atoms with Gasteiger partial charge in [-0.2, -0.15) is 0 Å². The Morgan fingerprint density at radius 1 is 1.38 bits per heavy atom. The lowest BCUT2D eigenvalue weighted by Gasteiger charge is -2.25. The summed E-state index contributed by atoms with van der Waals surface area (Å²) >= 11 is 1.55. The van der Waals surface area contributed by atoms with Crippen molar-refractivity contribution in [2.75, 3.05) is 7.05 Å². The number of hydrogen-bond acceptors (Lipinski definition) is 4. The van der Waals surface area contributed by atoms with E-state index in [9.17, 15) is 14.9 Å². The van der Waals surface area contributed by atoms with Crippen molar-refractivity contribution in [1.82, 2.24) is 4.90 Å². The second-order valence-corrected chi connectivity index (χ2v) is 5.82. The molecule has 1 amide bonds. The number of carbonyl (C=O) groups is 1. The summed E-state index contributed by atoms with van der Waals surface area (Å²) in [6.45, 7) is 1.87. The maximum atomic E-state index is 12.2. The maximum Gasteiger partial charge on any atom is 0.269 e. The number of carbonyl (C=O) groups excluding carboxylic acids is 1. The van der Waals surface area contributed by atoms with E-state index < -0.39 is 4.92 Å². The van der Waals surface area contributed by atoms with E-state index in [0.717, 1.165) is 10.4 Å². The number of nitro groups is 1. The molecule has 6 heteroatoms. The Balaban J connectivity index is 2.11. The topological polar surface area (TPSA) is 63.5 Å². The third-order valence-corrected chi connectivity index (χ3v) is 4.32. The van der Waals surface area contributed by atoms with Crippen molar-refractivity contribution >= 4 is 22.9 Å². The van der Waals surface area contributed by atoms with E-state index in [1.54, 1.807) is 35.4 Å². The molecule has 0 fully saturated rings. The fraction of sp³-hybridized carbons (Fsp3) is 0.267. The van der Waals surface area contributed by atoms with E-state index in [2.05, 4.69) is 0 Å². The molecule has 0 saturated heterocycles. The van der Waals surface area contributed by atoms with Crippen molar-refractivity contribution in [2.24, 2.45) is 0 Å². The van der Waals surface area contributed by atoms with Crippen LogP contribution in [0.1, 0.15) is 23.4 Å². The number of nitrogens with zero attached hydrogens (tertiary/aromatic N) is 2. The van der Waals surface area contributed by atoms with Gasteiger partial charge in [0.15, 0.2) is 0 Å². The van der Waals surface area contributed by atoms with Crippen LogP contribution in [0, 0.1) is 10.1 Å². The van der Waals surface area contributed by atoms with Crippen LogP contribution < -0.4 is 0 Å². The average Bonchev–Trinajstić information content (AvgIpc) is 2.98. The Morgan fingerprint density at radius 2 is 2.14 bits per heavy atom. The first-order valence-corrected chi connectivity index (χ1v) is 7.39. The van der Waals surface area contributed by atoms with Crippen LogP contribution in [0.3, 0.4) is 0 Å². The quantitative estimate of drug-likeness (QED) is 0.628. The minimum absolute atomic E-state index is 0.00328. The molecule has 0 aliphatic heterocycles. The molecule has 0 radical (unpaired) electrons. The van der Waals surface area contributed by atoms with Crippen LogP contribution >= 0.6 is 11.3 Å². The van der Waals surface area contributed by atoms with Gasteiger partial charge >= 0.3 is 0 Å². The molecule has 0 spiro atoms. The fourth-order valence-corrected chi connectivity index (χ4v) is 2.72. The molecule has 1 aromatic carbocycles. The molecule has 1 aromatic heterocycles. The highest BCUT2D eigenvalue weighted by Crippen LogP contribution is 2.24. The third kappa shape index (κ3) is 3.66. The zero-order valence-corrected chi connectivity index (χ0v) is 12.7. The molecular formula is C15H16N2O3S. The number of hydrogen-bond donors (Lipinski definition) is 0. The van der Waals surface area contributed by atoms with Gasteiger partial charge in [0.1, 0.15) is 0 Å². The zero-order chi connectivity index (χ0) is 15.4. The lowest BCUT2D eigenvalue weighted by Crippen LogP contribution is -2.30. The smallest absolute Gasteiger partial charge is 0.269 e. The lowest BCUT2D eigenvalue weighted by atomic mass is 10.1. The van der Waals surface area contributed by atoms with Crippen LogP contribution in [-0.2, 0) is 11.2 Å². The van der Waals surface area contributed by atoms with Gasteiger partial charge in [-0.1, -0.05) is 18.2 Å². The zero-order valence-electron chi connectivity index (χ0n) is 11.9. The van der Waals surface area contributed by atoms with E-state index in [1.165, 1.54) is 12.1 Å². The molecule has 0 N–H and O–H groups in total. The number of nitro benzene ring substituents is 1. The minimum Gasteiger partial charge on any atom is -0.339 e. The van der Waals surface area contributed by atoms with Gasteiger partial charge in [-0.25, -0.2) is 0 Å². The molecule has 5 nitrogen and oxygen atoms in total. The van der Waals surface area contributed by atoms with Crippen molar-refractivity contribution in [2.45, 2.75) is 19.4 Å². The van der Waals surface area contributed by atoms with Crippen molar-refractivity contribution in [1.29, 1.82) is 0 Å². The second-order valence-electron chi connectivity index (χ2n) is 4.79. The summed E-state index contributed by atoms with van der Waals surface area (Å²) in [7, 11) is 1.72. The highest BCUT2D eigenvalue weighted by molar-refractivity contribution is 7.10. The molecule has 0 aliphatic carbocycles. The Hall–Kier alpha value is -2.21. The van der Waals surface area contributed by atoms with Gasteiger partial charge in [-0.15, -0.1) is 11.3 Å². The number of thiophene rings is 1. The normalized spacial score (nSPS) is 11.9. The van der Waals surface area contributed by atoms with Gasteiger partial charge in [-0.3, -0.25) is 14.9 Å². The highest BCUT2D eigenvalue weighted by atomic mass is 32.1. The van der Waals surface area contributed by atoms with E-state index in [0.29, 0.717) is 6.42 Å². The molecule has 0 aliphatic rings. The van der Waals surface area contributed by atoms with Gasteiger partial charge in [0.25, 0.3) is 5.69 Å². The van der Waals surface area contributed by atoms with Gasteiger partial charge in [0, 0.05) is 24.1 Å². The molecule has 0 saturated carbocycles. The first kappa shape index (κ1) is 15.2. The number of amides is 1. The summed E-state index contributed by atoms with van der Waals surface area (Å²) in [5.74, 6) is -0.00328. The summed E-state index contributed by atoms with van der Waals surface area (Å²) in [6, 6.07) is 10.0. The Kier molecular flexibility index (Phi) is 4.70. The van der Waals surface area contributed by atoms with Crippen LogP contribution in [0.25, 0.3) is 0 Å². The molecule has 21 heavy (non-hydrogen) atoms. The number of rotatable bonds is 5. The molecule has 1 heterocycles. The fourth-order valence-electron chi connectivity index (χ4n) is 2.02. The lowest BCUT2D eigenvalue weighted by molar-refractivity contribution is -0.384. The summed E-state index contributed by atoms with van der Waals surface area (Å²) in [5.41, 5.74) is 0.796. The van der Waals surface area contributed by atoms with Gasteiger partial charge in [-0.05, 0) is 23.9 Å². The largest absolute Gasteiger partial charge is 0.339 e. The first-order chi connectivity index (χ1) is 9.99. The highest BCUT2D eigenvalue weighted by Gasteiger charge is 2.19. The predicted octanol–water partition coefficient (Wildman–Crippen LogP) is 3.42. The summed E-state index contributed by atoms with van der Waals surface area (Å²) < 4.78 is 0. The summed E-state index contributed by atoms with van der Waals surface area (Å²) in [6.07, 6.45) is 0.355. The molecule has 1 unspecified atom stereocenters. The van der Waals surface area contributed by atoms with Crippen LogP contribution in [0.2, 0.25) is 0 Å². The monoisotopic (exact) mass is 304 g/mol. The van der Waals surface area contributed by atoms with Crippen LogP contribution in [-0.4, -0.2) is 22.8 Å². The van der Waals surface area contributed by atoms with Crippen molar-refractivity contribution < 1.29 is 9.72 Å². The molecular weight excluding hydrogens is 288 g/mol. The SMILES string of the molecule is CC(c1cccc([N+](=O)[O-])c1)N(C)C(=O)Cc1cccs1. The average molecular weight is 304 g/mol. The number of benzene rings is 1. The predicted molar refractivity (Wildman–Crippen MR) is 82.3 cm³/mol. The van der Waals surface area contributed by atoms with E-state index in [4.69, 9.17) is 0 Å². The van der Waals surface area contributed by atoms with Crippen LogP contribution in [0.5, 0.6) is 0 Å². The Bertz CT molecular complexity index is 640. The van der Waals surface area contributed by atoms with Crippen molar-refractivity contribution in [3.05, 3.63) is 62.3 Å². The Morgan fingerprint density at radius 3 is 2.76 bits per heavy atom. The summed E-state index contributed by atoms with van der Waals surface area (Å²) in [4.78, 5) is 25.3. The third-order valence-electron chi connectivity index (χ3n) is 3.44. The van der Waals surface area contributed by atoms with Crippen LogP contribution in [0.4, 0.5) is 5.69 Å². The molecule has 1 atom stereocenters. The second kappa shape index (κ2) is 6.49. The van der Waals surface area contributed by atoms with Gasteiger partial charge < -0.3 is 4.90 Å². The van der Waals surface area contributed by atoms with Crippen molar-refractivity contribution in [3.63, 3.8) is 0 Å². The van der Waals surface area contributed by atoms with Crippen LogP contribution in [0.15, 0.2) is 41.8 Å². The molecule has 2 rings (SSSR count). The number of likely N-dealkylation sites (N-methyl/N-ethyl adjacent to an activating group) is 1. The van der Waals surface area contributed by atoms with Gasteiger partial charge in [0.2, 0.25) is 5.91 Å².